The number of fused-ring (bicyclic) bond motifs is 4. The molecule has 0 spiro atoms. The Morgan fingerprint density at radius 1 is 0.789 bits per heavy atom. The fraction of sp³-hybridized carbons (Fsp3) is 0.262. The second-order valence-corrected chi connectivity index (χ2v) is 13.6. The lowest BCUT2D eigenvalue weighted by molar-refractivity contribution is -0.136. The predicted molar refractivity (Wildman–Crippen MR) is 207 cm³/mol. The topological polar surface area (TPSA) is 181 Å². The third kappa shape index (κ3) is 6.70. The molecular weight excluding hydrogens is 734 g/mol. The third-order valence-electron chi connectivity index (χ3n) is 10.2. The van der Waals surface area contributed by atoms with Gasteiger partial charge in [0, 0.05) is 30.2 Å². The van der Waals surface area contributed by atoms with E-state index in [9.17, 15) is 24.0 Å². The van der Waals surface area contributed by atoms with E-state index in [4.69, 9.17) is 23.4 Å². The van der Waals surface area contributed by atoms with Gasteiger partial charge in [-0.2, -0.15) is 0 Å². The molecule has 1 atom stereocenters. The monoisotopic (exact) mass is 771 g/mol. The Kier molecular flexibility index (Phi) is 9.88. The molecule has 0 radical (unpaired) electrons. The number of amides is 4. The van der Waals surface area contributed by atoms with Crippen LogP contribution in [-0.2, 0) is 16.1 Å². The molecule has 2 aliphatic heterocycles. The standard InChI is InChI=1S/C42H37N5O10/c1-53-30-15-16-31(54-2)38-37(30)34(55-3)20-26-29(48)21-33(57-39(26)38)24-12-10-23(11-13-24)27-22-46(45-44-27)18-5-4-6-19-56-32-9-7-8-25-36(32)42(52)47(41(25)51)28-14-17-35(49)43-40(28)50/h7-13,15-16,20-22,28H,4-6,14,17-19H2,1-3H3,(H,43,49,50). The number of hydrogen-bond acceptors (Lipinski definition) is 12. The van der Waals surface area contributed by atoms with E-state index in [2.05, 4.69) is 15.6 Å². The zero-order chi connectivity index (χ0) is 39.8. The van der Waals surface area contributed by atoms with E-state index in [0.29, 0.717) is 75.6 Å². The van der Waals surface area contributed by atoms with Crippen LogP contribution in [-0.4, -0.2) is 77.5 Å². The Hall–Kier alpha value is -7.03. The third-order valence-corrected chi connectivity index (χ3v) is 10.2. The lowest BCUT2D eigenvalue weighted by atomic mass is 10.0. The number of piperidine rings is 1. The molecule has 0 bridgehead atoms. The first kappa shape index (κ1) is 36.9. The van der Waals surface area contributed by atoms with Gasteiger partial charge in [-0.05, 0) is 56.0 Å². The number of methoxy groups -OCH3 is 3. The van der Waals surface area contributed by atoms with Gasteiger partial charge in [-0.3, -0.25) is 38.9 Å². The molecule has 15 heteroatoms. The van der Waals surface area contributed by atoms with Crippen LogP contribution in [0.4, 0.5) is 0 Å². The maximum absolute atomic E-state index is 13.4. The largest absolute Gasteiger partial charge is 0.496 e. The minimum absolute atomic E-state index is 0.0496. The summed E-state index contributed by atoms with van der Waals surface area (Å²) < 4.78 is 31.0. The molecule has 15 nitrogen and oxygen atoms in total. The van der Waals surface area contributed by atoms with E-state index < -0.39 is 29.7 Å². The van der Waals surface area contributed by atoms with Crippen LogP contribution in [0.2, 0.25) is 0 Å². The van der Waals surface area contributed by atoms with E-state index in [1.54, 1.807) is 49.2 Å². The Morgan fingerprint density at radius 3 is 2.26 bits per heavy atom. The number of aryl methyl sites for hydroxylation is 1. The van der Waals surface area contributed by atoms with Crippen LogP contribution in [0.25, 0.3) is 44.3 Å². The summed E-state index contributed by atoms with van der Waals surface area (Å²) in [6.45, 7) is 0.934. The van der Waals surface area contributed by atoms with Crippen molar-refractivity contribution in [3.63, 3.8) is 0 Å². The smallest absolute Gasteiger partial charge is 0.266 e. The molecule has 1 saturated heterocycles. The van der Waals surface area contributed by atoms with Crippen LogP contribution < -0.4 is 29.7 Å². The maximum atomic E-state index is 13.4. The molecular formula is C42H37N5O10. The highest BCUT2D eigenvalue weighted by Crippen LogP contribution is 2.44. The molecule has 1 N–H and O–H groups in total. The van der Waals surface area contributed by atoms with E-state index in [1.807, 2.05) is 30.5 Å². The highest BCUT2D eigenvalue weighted by molar-refractivity contribution is 6.24. The molecule has 1 fully saturated rings. The molecule has 0 saturated carbocycles. The molecule has 0 aliphatic carbocycles. The van der Waals surface area contributed by atoms with Gasteiger partial charge in [-0.1, -0.05) is 35.5 Å². The van der Waals surface area contributed by atoms with Crippen molar-refractivity contribution in [1.82, 2.24) is 25.2 Å². The average molecular weight is 772 g/mol. The van der Waals surface area contributed by atoms with Gasteiger partial charge in [0.1, 0.15) is 40.5 Å². The Morgan fingerprint density at radius 2 is 1.53 bits per heavy atom. The Bertz CT molecular complexity index is 2650. The number of imide groups is 2. The molecule has 6 aromatic rings. The summed E-state index contributed by atoms with van der Waals surface area (Å²) in [6, 6.07) is 17.9. The van der Waals surface area contributed by atoms with Crippen molar-refractivity contribution in [1.29, 1.82) is 0 Å². The van der Waals surface area contributed by atoms with Crippen molar-refractivity contribution in [3.8, 4) is 45.6 Å². The fourth-order valence-electron chi connectivity index (χ4n) is 7.39. The molecule has 4 aromatic carbocycles. The first-order valence-corrected chi connectivity index (χ1v) is 18.4. The number of carbonyl (C=O) groups excluding carboxylic acids is 4. The molecule has 1 unspecified atom stereocenters. The minimum atomic E-state index is -1.04. The number of nitrogens with one attached hydrogen (secondary N) is 1. The van der Waals surface area contributed by atoms with Gasteiger partial charge >= 0.3 is 0 Å². The van der Waals surface area contributed by atoms with Gasteiger partial charge in [0.25, 0.3) is 11.8 Å². The number of carbonyl (C=O) groups is 4. The van der Waals surface area contributed by atoms with Crippen LogP contribution in [0.5, 0.6) is 23.0 Å². The fourth-order valence-corrected chi connectivity index (χ4v) is 7.39. The number of rotatable bonds is 13. The van der Waals surface area contributed by atoms with Crippen LogP contribution in [0.3, 0.4) is 0 Å². The van der Waals surface area contributed by atoms with Gasteiger partial charge in [0.15, 0.2) is 11.0 Å². The highest BCUT2D eigenvalue weighted by Gasteiger charge is 2.46. The molecule has 8 rings (SSSR count). The van der Waals surface area contributed by atoms with Crippen LogP contribution in [0.1, 0.15) is 52.8 Å². The van der Waals surface area contributed by atoms with Crippen LogP contribution in [0.15, 0.2) is 82.1 Å². The molecule has 4 heterocycles. The summed E-state index contributed by atoms with van der Waals surface area (Å²) in [4.78, 5) is 64.7. The second kappa shape index (κ2) is 15.2. The van der Waals surface area contributed by atoms with Gasteiger partial charge in [-0.25, -0.2) is 0 Å². The van der Waals surface area contributed by atoms with Crippen molar-refractivity contribution in [2.75, 3.05) is 27.9 Å². The maximum Gasteiger partial charge on any atom is 0.266 e. The summed E-state index contributed by atoms with van der Waals surface area (Å²) in [5.41, 5.74) is 2.65. The minimum Gasteiger partial charge on any atom is -0.496 e. The van der Waals surface area contributed by atoms with E-state index in [-0.39, 0.29) is 35.1 Å². The quantitative estimate of drug-likeness (QED) is 0.0880. The number of benzene rings is 4. The molecule has 2 aliphatic rings. The summed E-state index contributed by atoms with van der Waals surface area (Å²) >= 11 is 0. The average Bonchev–Trinajstić information content (AvgIpc) is 3.80. The summed E-state index contributed by atoms with van der Waals surface area (Å²) in [7, 11) is 4.65. The van der Waals surface area contributed by atoms with Gasteiger partial charge in [0.2, 0.25) is 11.8 Å². The number of ether oxygens (including phenoxy) is 4. The first-order valence-electron chi connectivity index (χ1n) is 18.4. The van der Waals surface area contributed by atoms with Crippen molar-refractivity contribution in [2.45, 2.75) is 44.7 Å². The lowest BCUT2D eigenvalue weighted by Gasteiger charge is -2.27. The highest BCUT2D eigenvalue weighted by atomic mass is 16.5. The SMILES string of the molecule is COc1ccc(OC)c2c1c(OC)cc1c(=O)cc(-c3ccc(-c4cn(CCCCCOc5cccc6c5C(=O)N(C5CCC(=O)NC5=O)C6=O)nn4)cc3)oc12. The molecule has 290 valence electrons. The summed E-state index contributed by atoms with van der Waals surface area (Å²) in [6.07, 6.45) is 4.27. The van der Waals surface area contributed by atoms with Gasteiger partial charge < -0.3 is 23.4 Å². The van der Waals surface area contributed by atoms with Crippen LogP contribution >= 0.6 is 0 Å². The van der Waals surface area contributed by atoms with Crippen molar-refractivity contribution in [3.05, 3.63) is 94.3 Å². The first-order chi connectivity index (χ1) is 27.7. The van der Waals surface area contributed by atoms with Crippen molar-refractivity contribution >= 4 is 45.4 Å². The second-order valence-electron chi connectivity index (χ2n) is 13.6. The predicted octanol–water partition coefficient (Wildman–Crippen LogP) is 5.55. The zero-order valence-corrected chi connectivity index (χ0v) is 31.3. The van der Waals surface area contributed by atoms with Gasteiger partial charge in [-0.15, -0.1) is 5.10 Å². The van der Waals surface area contributed by atoms with Crippen molar-refractivity contribution in [2.24, 2.45) is 0 Å². The van der Waals surface area contributed by atoms with E-state index in [0.717, 1.165) is 23.3 Å². The van der Waals surface area contributed by atoms with E-state index >= 15 is 0 Å². The lowest BCUT2D eigenvalue weighted by Crippen LogP contribution is -2.54. The normalized spacial score (nSPS) is 15.3. The summed E-state index contributed by atoms with van der Waals surface area (Å²) in [5.74, 6) is -0.0700. The Labute approximate surface area is 325 Å². The Balaban J connectivity index is 0.891. The number of hydrogen-bond donors (Lipinski definition) is 1. The molecule has 4 amide bonds. The zero-order valence-electron chi connectivity index (χ0n) is 31.3. The van der Waals surface area contributed by atoms with Gasteiger partial charge in [0.05, 0.1) is 61.4 Å². The number of aromatic nitrogens is 3. The molecule has 2 aromatic heterocycles. The van der Waals surface area contributed by atoms with E-state index in [1.165, 1.54) is 19.2 Å². The number of unbranched alkanes of at least 4 members (excludes halogenated alkanes) is 2. The summed E-state index contributed by atoms with van der Waals surface area (Å²) in [5, 5.41) is 12.4. The number of nitrogens with zero attached hydrogens (tertiary/aromatic N) is 4. The molecule has 57 heavy (non-hydrogen) atoms. The van der Waals surface area contributed by atoms with Crippen LogP contribution in [0, 0.1) is 0 Å². The van der Waals surface area contributed by atoms with Crippen molar-refractivity contribution < 1.29 is 42.5 Å².